The number of rotatable bonds is 5. The Hall–Kier alpha value is -2.43. The Balaban J connectivity index is 2.30. The first kappa shape index (κ1) is 14.0. The Morgan fingerprint density at radius 2 is 1.85 bits per heavy atom. The monoisotopic (exact) mass is 277 g/mol. The maximum absolute atomic E-state index is 13.6. The quantitative estimate of drug-likeness (QED) is 0.848. The number of anilines is 1. The van der Waals surface area contributed by atoms with Gasteiger partial charge >= 0.3 is 0 Å². The van der Waals surface area contributed by atoms with Crippen molar-refractivity contribution >= 4 is 5.69 Å². The first-order valence-electron chi connectivity index (χ1n) is 6.17. The van der Waals surface area contributed by atoms with Crippen LogP contribution >= 0.6 is 0 Å². The molecule has 0 aromatic heterocycles. The molecular weight excluding hydrogens is 261 g/mol. The van der Waals surface area contributed by atoms with Crippen molar-refractivity contribution < 1.29 is 18.6 Å². The van der Waals surface area contributed by atoms with E-state index in [1.807, 2.05) is 0 Å². The predicted molar refractivity (Wildman–Crippen MR) is 75.0 cm³/mol. The first-order valence-corrected chi connectivity index (χ1v) is 6.17. The topological polar surface area (TPSA) is 53.7 Å². The molecule has 0 saturated heterocycles. The Kier molecular flexibility index (Phi) is 4.30. The number of nitrogen functional groups attached to an aromatic ring is 1. The summed E-state index contributed by atoms with van der Waals surface area (Å²) in [5.74, 6) is 1.14. The fraction of sp³-hybridized carbons (Fsp3) is 0.200. The van der Waals surface area contributed by atoms with Crippen LogP contribution in [0.25, 0.3) is 0 Å². The van der Waals surface area contributed by atoms with Crippen LogP contribution in [0.2, 0.25) is 0 Å². The minimum absolute atomic E-state index is 0.111. The smallest absolute Gasteiger partial charge is 0.167 e. The molecular formula is C15H16FNO3. The van der Waals surface area contributed by atoms with Gasteiger partial charge in [0.15, 0.2) is 17.3 Å². The van der Waals surface area contributed by atoms with E-state index in [0.29, 0.717) is 23.9 Å². The minimum atomic E-state index is -0.512. The van der Waals surface area contributed by atoms with Gasteiger partial charge in [0.05, 0.1) is 19.4 Å². The molecule has 2 aromatic rings. The van der Waals surface area contributed by atoms with Crippen LogP contribution < -0.4 is 19.9 Å². The van der Waals surface area contributed by atoms with E-state index in [-0.39, 0.29) is 11.4 Å². The molecule has 0 heterocycles. The Morgan fingerprint density at radius 1 is 1.10 bits per heavy atom. The molecule has 0 saturated carbocycles. The molecule has 4 nitrogen and oxygen atoms in total. The van der Waals surface area contributed by atoms with Gasteiger partial charge in [-0.3, -0.25) is 0 Å². The van der Waals surface area contributed by atoms with Crippen molar-refractivity contribution in [2.75, 3.05) is 19.5 Å². The molecule has 5 heteroatoms. The maximum atomic E-state index is 13.6. The molecule has 0 aliphatic carbocycles. The fourth-order valence-electron chi connectivity index (χ4n) is 1.70. The van der Waals surface area contributed by atoms with Gasteiger partial charge in [-0.1, -0.05) is 6.07 Å². The molecule has 2 aromatic carbocycles. The summed E-state index contributed by atoms with van der Waals surface area (Å²) in [6, 6.07) is 9.67. The summed E-state index contributed by atoms with van der Waals surface area (Å²) in [7, 11) is 1.57. The van der Waals surface area contributed by atoms with E-state index in [9.17, 15) is 4.39 Å². The summed E-state index contributed by atoms with van der Waals surface area (Å²) in [5.41, 5.74) is 5.96. The van der Waals surface area contributed by atoms with E-state index >= 15 is 0 Å². The zero-order valence-electron chi connectivity index (χ0n) is 11.4. The average Bonchev–Trinajstić information content (AvgIpc) is 2.44. The molecule has 0 unspecified atom stereocenters. The van der Waals surface area contributed by atoms with Gasteiger partial charge in [0, 0.05) is 18.2 Å². The van der Waals surface area contributed by atoms with Gasteiger partial charge in [0.2, 0.25) is 0 Å². The van der Waals surface area contributed by atoms with Crippen LogP contribution in [0.5, 0.6) is 23.0 Å². The van der Waals surface area contributed by atoms with Gasteiger partial charge in [-0.2, -0.15) is 0 Å². The lowest BCUT2D eigenvalue weighted by atomic mass is 10.2. The molecule has 0 aliphatic rings. The van der Waals surface area contributed by atoms with Crippen molar-refractivity contribution in [1.29, 1.82) is 0 Å². The van der Waals surface area contributed by atoms with Gasteiger partial charge < -0.3 is 19.9 Å². The Bertz CT molecular complexity index is 602. The van der Waals surface area contributed by atoms with E-state index in [1.165, 1.54) is 12.1 Å². The van der Waals surface area contributed by atoms with Crippen LogP contribution in [-0.2, 0) is 0 Å². The van der Waals surface area contributed by atoms with Crippen LogP contribution in [0.15, 0.2) is 36.4 Å². The normalized spacial score (nSPS) is 10.2. The first-order chi connectivity index (χ1) is 9.63. The largest absolute Gasteiger partial charge is 0.497 e. The highest BCUT2D eigenvalue weighted by molar-refractivity contribution is 5.57. The lowest BCUT2D eigenvalue weighted by Crippen LogP contribution is -1.99. The van der Waals surface area contributed by atoms with Crippen molar-refractivity contribution in [3.05, 3.63) is 42.2 Å². The number of hydrogen-bond acceptors (Lipinski definition) is 4. The van der Waals surface area contributed by atoms with E-state index in [1.54, 1.807) is 38.3 Å². The zero-order chi connectivity index (χ0) is 14.5. The van der Waals surface area contributed by atoms with E-state index in [4.69, 9.17) is 19.9 Å². The molecule has 0 bridgehead atoms. The summed E-state index contributed by atoms with van der Waals surface area (Å²) >= 11 is 0. The highest BCUT2D eigenvalue weighted by Crippen LogP contribution is 2.34. The molecule has 20 heavy (non-hydrogen) atoms. The van der Waals surface area contributed by atoms with E-state index < -0.39 is 5.82 Å². The highest BCUT2D eigenvalue weighted by Gasteiger charge is 2.11. The van der Waals surface area contributed by atoms with Gasteiger partial charge in [-0.25, -0.2) is 4.39 Å². The van der Waals surface area contributed by atoms with Crippen molar-refractivity contribution in [2.24, 2.45) is 0 Å². The number of methoxy groups -OCH3 is 1. The van der Waals surface area contributed by atoms with Crippen molar-refractivity contribution in [3.8, 4) is 23.0 Å². The summed E-state index contributed by atoms with van der Waals surface area (Å²) in [6.07, 6.45) is 0. The Morgan fingerprint density at radius 3 is 2.55 bits per heavy atom. The lowest BCUT2D eigenvalue weighted by molar-refractivity contribution is 0.319. The third kappa shape index (κ3) is 3.12. The van der Waals surface area contributed by atoms with E-state index in [2.05, 4.69) is 0 Å². The van der Waals surface area contributed by atoms with Crippen LogP contribution in [0.3, 0.4) is 0 Å². The number of nitrogens with two attached hydrogens (primary N) is 1. The third-order valence-corrected chi connectivity index (χ3v) is 2.63. The van der Waals surface area contributed by atoms with Crippen molar-refractivity contribution in [1.82, 2.24) is 0 Å². The average molecular weight is 277 g/mol. The fourth-order valence-corrected chi connectivity index (χ4v) is 1.70. The summed E-state index contributed by atoms with van der Waals surface area (Å²) < 4.78 is 29.5. The number of ether oxygens (including phenoxy) is 3. The third-order valence-electron chi connectivity index (χ3n) is 2.63. The number of halogens is 1. The SMILES string of the molecule is CCOc1cc(Oc2cccc(OC)c2)c(N)cc1F. The van der Waals surface area contributed by atoms with Crippen molar-refractivity contribution in [3.63, 3.8) is 0 Å². The lowest BCUT2D eigenvalue weighted by Gasteiger charge is -2.12. The molecule has 106 valence electrons. The summed E-state index contributed by atoms with van der Waals surface area (Å²) in [4.78, 5) is 0. The van der Waals surface area contributed by atoms with Gasteiger partial charge in [0.1, 0.15) is 11.5 Å². The minimum Gasteiger partial charge on any atom is -0.497 e. The second-order valence-electron chi connectivity index (χ2n) is 4.03. The molecule has 0 amide bonds. The second-order valence-corrected chi connectivity index (χ2v) is 4.03. The highest BCUT2D eigenvalue weighted by atomic mass is 19.1. The summed E-state index contributed by atoms with van der Waals surface area (Å²) in [5, 5.41) is 0. The van der Waals surface area contributed by atoms with Gasteiger partial charge in [0.25, 0.3) is 0 Å². The van der Waals surface area contributed by atoms with E-state index in [0.717, 1.165) is 0 Å². The maximum Gasteiger partial charge on any atom is 0.167 e. The van der Waals surface area contributed by atoms with Crippen LogP contribution in [-0.4, -0.2) is 13.7 Å². The molecule has 0 spiro atoms. The molecule has 0 radical (unpaired) electrons. The molecule has 2 rings (SSSR count). The molecule has 2 N–H and O–H groups in total. The second kappa shape index (κ2) is 6.14. The molecule has 0 fully saturated rings. The molecule has 0 atom stereocenters. The van der Waals surface area contributed by atoms with Gasteiger partial charge in [-0.15, -0.1) is 0 Å². The number of hydrogen-bond donors (Lipinski definition) is 1. The van der Waals surface area contributed by atoms with Crippen LogP contribution in [0, 0.1) is 5.82 Å². The number of benzene rings is 2. The standard InChI is InChI=1S/C15H16FNO3/c1-3-19-14-9-15(13(17)8-12(14)16)20-11-6-4-5-10(7-11)18-2/h4-9H,3,17H2,1-2H3. The van der Waals surface area contributed by atoms with Crippen molar-refractivity contribution in [2.45, 2.75) is 6.92 Å². The molecule has 0 aliphatic heterocycles. The van der Waals surface area contributed by atoms with Crippen LogP contribution in [0.1, 0.15) is 6.92 Å². The Labute approximate surface area is 116 Å². The predicted octanol–water partition coefficient (Wildman–Crippen LogP) is 3.61. The van der Waals surface area contributed by atoms with Crippen LogP contribution in [0.4, 0.5) is 10.1 Å². The van der Waals surface area contributed by atoms with Gasteiger partial charge in [-0.05, 0) is 19.1 Å². The summed E-state index contributed by atoms with van der Waals surface area (Å²) in [6.45, 7) is 2.14. The zero-order valence-corrected chi connectivity index (χ0v) is 11.4.